The molecule has 0 aliphatic carbocycles. The van der Waals surface area contributed by atoms with Crippen LogP contribution >= 0.6 is 27.7 Å². The lowest BCUT2D eigenvalue weighted by atomic mass is 10.2. The monoisotopic (exact) mass is 445 g/mol. The summed E-state index contributed by atoms with van der Waals surface area (Å²) in [4.78, 5) is 30.0. The third-order valence-corrected chi connectivity index (χ3v) is 5.60. The van der Waals surface area contributed by atoms with Gasteiger partial charge in [0, 0.05) is 12.6 Å². The largest absolute Gasteiger partial charge is 0.287 e. The number of carbonyl (C=O) groups excluding carboxylic acids is 1. The predicted molar refractivity (Wildman–Crippen MR) is 112 cm³/mol. The number of rotatable bonds is 4. The molecule has 2 aromatic rings. The Balaban J connectivity index is 1.94. The van der Waals surface area contributed by atoms with E-state index in [9.17, 15) is 14.9 Å². The Morgan fingerprint density at radius 3 is 2.59 bits per heavy atom. The van der Waals surface area contributed by atoms with Crippen molar-refractivity contribution < 1.29 is 9.72 Å². The summed E-state index contributed by atoms with van der Waals surface area (Å²) >= 11 is 4.44. The molecule has 0 atom stereocenters. The quantitative estimate of drug-likeness (QED) is 0.363. The van der Waals surface area contributed by atoms with Gasteiger partial charge >= 0.3 is 0 Å². The molecule has 138 valence electrons. The topological polar surface area (TPSA) is 75.8 Å². The summed E-state index contributed by atoms with van der Waals surface area (Å²) in [5.74, 6) is -0.154. The summed E-state index contributed by atoms with van der Waals surface area (Å²) in [5, 5.41) is 11.7. The first-order valence-corrected chi connectivity index (χ1v) is 9.80. The highest BCUT2D eigenvalue weighted by molar-refractivity contribution is 9.10. The average molecular weight is 446 g/mol. The van der Waals surface area contributed by atoms with E-state index in [1.165, 1.54) is 17.8 Å². The fraction of sp³-hybridized carbons (Fsp3) is 0.158. The van der Waals surface area contributed by atoms with Crippen molar-refractivity contribution in [1.29, 1.82) is 0 Å². The third-order valence-electron chi connectivity index (χ3n) is 3.93. The zero-order valence-electron chi connectivity index (χ0n) is 14.7. The van der Waals surface area contributed by atoms with Crippen LogP contribution in [0.25, 0.3) is 6.08 Å². The molecular formula is C19H16BrN3O3S. The number of hydrogen-bond acceptors (Lipinski definition) is 5. The van der Waals surface area contributed by atoms with Gasteiger partial charge in [-0.3, -0.25) is 19.8 Å². The Hall–Kier alpha value is -2.45. The second-order valence-electron chi connectivity index (χ2n) is 5.86. The zero-order chi connectivity index (χ0) is 19.6. The summed E-state index contributed by atoms with van der Waals surface area (Å²) in [7, 11) is 0. The van der Waals surface area contributed by atoms with E-state index in [1.807, 2.05) is 38.1 Å². The van der Waals surface area contributed by atoms with Crippen LogP contribution in [0.5, 0.6) is 0 Å². The number of amides is 1. The Kier molecular flexibility index (Phi) is 5.76. The predicted octanol–water partition coefficient (Wildman–Crippen LogP) is 5.29. The molecule has 1 aliphatic heterocycles. The number of hydrogen-bond donors (Lipinski definition) is 0. The van der Waals surface area contributed by atoms with Gasteiger partial charge in [-0.1, -0.05) is 23.8 Å². The molecule has 27 heavy (non-hydrogen) atoms. The van der Waals surface area contributed by atoms with E-state index in [0.717, 1.165) is 11.3 Å². The van der Waals surface area contributed by atoms with Gasteiger partial charge in [0.1, 0.15) is 0 Å². The van der Waals surface area contributed by atoms with Crippen LogP contribution in [0.1, 0.15) is 18.1 Å². The van der Waals surface area contributed by atoms with Crippen molar-refractivity contribution in [2.24, 2.45) is 4.99 Å². The fourth-order valence-electron chi connectivity index (χ4n) is 2.51. The van der Waals surface area contributed by atoms with Gasteiger partial charge in [-0.2, -0.15) is 0 Å². The lowest BCUT2D eigenvalue weighted by molar-refractivity contribution is -0.385. The maximum atomic E-state index is 12.7. The van der Waals surface area contributed by atoms with Crippen LogP contribution in [-0.4, -0.2) is 27.4 Å². The van der Waals surface area contributed by atoms with Gasteiger partial charge in [0.15, 0.2) is 5.17 Å². The standard InChI is InChI=1S/C19H16BrN3O3S/c1-3-22-18(24)17(11-13-6-9-15(20)16(10-13)23(25)26)27-19(22)21-14-7-4-12(2)5-8-14/h4-11H,3H2,1-2H3/b17-11+,21-19?. The van der Waals surface area contributed by atoms with Crippen molar-refractivity contribution in [3.05, 3.63) is 73.1 Å². The van der Waals surface area contributed by atoms with Gasteiger partial charge in [0.25, 0.3) is 11.6 Å². The van der Waals surface area contributed by atoms with Crippen LogP contribution in [-0.2, 0) is 4.79 Å². The maximum Gasteiger partial charge on any atom is 0.284 e. The van der Waals surface area contributed by atoms with E-state index in [1.54, 1.807) is 23.1 Å². The fourth-order valence-corrected chi connectivity index (χ4v) is 3.96. The first kappa shape index (κ1) is 19.3. The van der Waals surface area contributed by atoms with Gasteiger partial charge in [0.2, 0.25) is 0 Å². The molecule has 0 saturated carbocycles. The highest BCUT2D eigenvalue weighted by Gasteiger charge is 2.32. The molecular weight excluding hydrogens is 430 g/mol. The van der Waals surface area contributed by atoms with Crippen molar-refractivity contribution in [1.82, 2.24) is 4.90 Å². The molecule has 6 nitrogen and oxygen atoms in total. The number of carbonyl (C=O) groups is 1. The SMILES string of the molecule is CCN1C(=O)/C(=C\c2ccc(Br)c([N+](=O)[O-])c2)SC1=Nc1ccc(C)cc1. The third kappa shape index (κ3) is 4.28. The Morgan fingerprint density at radius 2 is 1.96 bits per heavy atom. The lowest BCUT2D eigenvalue weighted by Gasteiger charge is -2.12. The van der Waals surface area contributed by atoms with Crippen LogP contribution < -0.4 is 0 Å². The van der Waals surface area contributed by atoms with E-state index >= 15 is 0 Å². The van der Waals surface area contributed by atoms with Crippen LogP contribution in [0.2, 0.25) is 0 Å². The highest BCUT2D eigenvalue weighted by atomic mass is 79.9. The Labute approximate surface area is 169 Å². The minimum absolute atomic E-state index is 0.0410. The van der Waals surface area contributed by atoms with Gasteiger partial charge in [-0.15, -0.1) is 0 Å². The van der Waals surface area contributed by atoms with Crippen molar-refractivity contribution in [2.75, 3.05) is 6.54 Å². The Morgan fingerprint density at radius 1 is 1.26 bits per heavy atom. The second-order valence-corrected chi connectivity index (χ2v) is 7.72. The summed E-state index contributed by atoms with van der Waals surface area (Å²) < 4.78 is 0.400. The van der Waals surface area contributed by atoms with Gasteiger partial charge in [-0.25, -0.2) is 4.99 Å². The number of likely N-dealkylation sites (N-methyl/N-ethyl adjacent to an activating group) is 1. The molecule has 0 aromatic heterocycles. The van der Waals surface area contributed by atoms with Gasteiger partial charge in [-0.05, 0) is 71.4 Å². The number of halogens is 1. The van der Waals surface area contributed by atoms with Gasteiger partial charge < -0.3 is 0 Å². The average Bonchev–Trinajstić information content (AvgIpc) is 2.93. The molecule has 0 bridgehead atoms. The minimum Gasteiger partial charge on any atom is -0.287 e. The van der Waals surface area contributed by atoms with Crippen molar-refractivity contribution >= 4 is 56.2 Å². The van der Waals surface area contributed by atoms with E-state index in [4.69, 9.17) is 0 Å². The molecule has 1 saturated heterocycles. The van der Waals surface area contributed by atoms with Crippen molar-refractivity contribution in [3.63, 3.8) is 0 Å². The first-order valence-electron chi connectivity index (χ1n) is 8.19. The van der Waals surface area contributed by atoms with Gasteiger partial charge in [0.05, 0.1) is 20.0 Å². The first-order chi connectivity index (χ1) is 12.9. The van der Waals surface area contributed by atoms with Crippen LogP contribution in [0.3, 0.4) is 0 Å². The molecule has 0 radical (unpaired) electrons. The molecule has 0 N–H and O–H groups in total. The Bertz CT molecular complexity index is 971. The molecule has 1 aliphatic rings. The number of aliphatic imine (C=N–C) groups is 1. The molecule has 1 fully saturated rings. The van der Waals surface area contributed by atoms with E-state index in [-0.39, 0.29) is 11.6 Å². The number of nitro groups is 1. The maximum absolute atomic E-state index is 12.7. The lowest BCUT2D eigenvalue weighted by Crippen LogP contribution is -2.28. The number of aryl methyl sites for hydroxylation is 1. The highest BCUT2D eigenvalue weighted by Crippen LogP contribution is 2.35. The summed E-state index contributed by atoms with van der Waals surface area (Å²) in [5.41, 5.74) is 2.46. The number of nitro benzene ring substituents is 1. The molecule has 3 rings (SSSR count). The molecule has 1 amide bonds. The normalized spacial score (nSPS) is 17.1. The summed E-state index contributed by atoms with van der Waals surface area (Å²) in [6.45, 7) is 4.38. The van der Waals surface area contributed by atoms with E-state index in [0.29, 0.717) is 26.7 Å². The molecule has 8 heteroatoms. The summed E-state index contributed by atoms with van der Waals surface area (Å²) in [6.07, 6.45) is 1.66. The number of nitrogens with zero attached hydrogens (tertiary/aromatic N) is 3. The van der Waals surface area contributed by atoms with E-state index < -0.39 is 4.92 Å². The zero-order valence-corrected chi connectivity index (χ0v) is 17.1. The van der Waals surface area contributed by atoms with Crippen molar-refractivity contribution in [2.45, 2.75) is 13.8 Å². The number of thioether (sulfide) groups is 1. The molecule has 1 heterocycles. The van der Waals surface area contributed by atoms with Crippen molar-refractivity contribution in [3.8, 4) is 0 Å². The smallest absolute Gasteiger partial charge is 0.284 e. The molecule has 0 unspecified atom stereocenters. The molecule has 2 aromatic carbocycles. The molecule has 0 spiro atoms. The van der Waals surface area contributed by atoms with E-state index in [2.05, 4.69) is 20.9 Å². The minimum atomic E-state index is -0.460. The van der Waals surface area contributed by atoms with Crippen LogP contribution in [0.15, 0.2) is 56.8 Å². The van der Waals surface area contributed by atoms with Crippen LogP contribution in [0, 0.1) is 17.0 Å². The van der Waals surface area contributed by atoms with Crippen LogP contribution in [0.4, 0.5) is 11.4 Å². The number of benzene rings is 2. The number of amidine groups is 1. The summed E-state index contributed by atoms with van der Waals surface area (Å²) in [6, 6.07) is 12.5. The second kappa shape index (κ2) is 8.06.